The number of amides is 2. The van der Waals surface area contributed by atoms with Crippen LogP contribution in [0.25, 0.3) is 0 Å². The van der Waals surface area contributed by atoms with Gasteiger partial charge in [0, 0.05) is 6.54 Å². The van der Waals surface area contributed by atoms with Crippen LogP contribution in [0.1, 0.15) is 39.5 Å². The second-order valence-corrected chi connectivity index (χ2v) is 4.80. The van der Waals surface area contributed by atoms with Crippen molar-refractivity contribution in [2.45, 2.75) is 45.1 Å². The van der Waals surface area contributed by atoms with Gasteiger partial charge in [-0.25, -0.2) is 4.79 Å². The third kappa shape index (κ3) is 1.52. The molecule has 1 unspecified atom stereocenters. The Morgan fingerprint density at radius 3 is 2.73 bits per heavy atom. The molecule has 0 aromatic heterocycles. The highest BCUT2D eigenvalue weighted by Crippen LogP contribution is 2.38. The first-order valence-corrected chi connectivity index (χ1v) is 5.74. The third-order valence-electron chi connectivity index (χ3n) is 3.82. The maximum atomic E-state index is 11.6. The van der Waals surface area contributed by atoms with E-state index < -0.39 is 0 Å². The van der Waals surface area contributed by atoms with Crippen molar-refractivity contribution in [2.24, 2.45) is 16.6 Å². The number of hydrogen-bond donors (Lipinski definition) is 1. The predicted molar refractivity (Wildman–Crippen MR) is 59.8 cm³/mol. The van der Waals surface area contributed by atoms with E-state index in [0.717, 1.165) is 12.3 Å². The SMILES string of the molecule is CCN1C(=O)N=C(N)C1(C)CC1CCC1. The first-order chi connectivity index (χ1) is 7.08. The first kappa shape index (κ1) is 10.5. The Bertz CT molecular complexity index is 309. The number of hydrogen-bond acceptors (Lipinski definition) is 2. The minimum Gasteiger partial charge on any atom is -0.385 e. The molecule has 0 aromatic carbocycles. The minimum atomic E-state index is -0.322. The molecule has 0 radical (unpaired) electrons. The molecule has 2 N–H and O–H groups in total. The van der Waals surface area contributed by atoms with Crippen LogP contribution in [0, 0.1) is 5.92 Å². The maximum Gasteiger partial charge on any atom is 0.346 e. The lowest BCUT2D eigenvalue weighted by Gasteiger charge is -2.39. The zero-order chi connectivity index (χ0) is 11.1. The quantitative estimate of drug-likeness (QED) is 0.769. The molecule has 0 saturated heterocycles. The standard InChI is InChI=1S/C11H19N3O/c1-3-14-10(15)13-9(12)11(14,2)7-8-5-4-6-8/h8H,3-7H2,1-2H3,(H2,12,13,15). The lowest BCUT2D eigenvalue weighted by atomic mass is 9.76. The Morgan fingerprint density at radius 2 is 2.27 bits per heavy atom. The van der Waals surface area contributed by atoms with Gasteiger partial charge in [0.1, 0.15) is 5.84 Å². The van der Waals surface area contributed by atoms with Crippen molar-refractivity contribution < 1.29 is 4.79 Å². The fourth-order valence-corrected chi connectivity index (χ4v) is 2.59. The summed E-state index contributed by atoms with van der Waals surface area (Å²) in [5, 5.41) is 0. The number of nitrogens with zero attached hydrogens (tertiary/aromatic N) is 2. The summed E-state index contributed by atoms with van der Waals surface area (Å²) in [6.45, 7) is 4.70. The monoisotopic (exact) mass is 209 g/mol. The summed E-state index contributed by atoms with van der Waals surface area (Å²) >= 11 is 0. The maximum absolute atomic E-state index is 11.6. The minimum absolute atomic E-state index is 0.170. The summed E-state index contributed by atoms with van der Waals surface area (Å²) in [7, 11) is 0. The smallest absolute Gasteiger partial charge is 0.346 e. The molecule has 1 fully saturated rings. The topological polar surface area (TPSA) is 58.7 Å². The molecule has 2 aliphatic rings. The molecular formula is C11H19N3O. The predicted octanol–water partition coefficient (Wildman–Crippen LogP) is 1.75. The first-order valence-electron chi connectivity index (χ1n) is 5.74. The van der Waals surface area contributed by atoms with Gasteiger partial charge in [-0.05, 0) is 26.2 Å². The van der Waals surface area contributed by atoms with Crippen molar-refractivity contribution in [1.82, 2.24) is 4.90 Å². The van der Waals surface area contributed by atoms with Gasteiger partial charge in [0.05, 0.1) is 5.54 Å². The molecule has 0 aromatic rings. The van der Waals surface area contributed by atoms with E-state index in [2.05, 4.69) is 4.99 Å². The Hall–Kier alpha value is -1.06. The van der Waals surface area contributed by atoms with Gasteiger partial charge in [-0.15, -0.1) is 0 Å². The van der Waals surface area contributed by atoms with Crippen molar-refractivity contribution in [3.63, 3.8) is 0 Å². The fourth-order valence-electron chi connectivity index (χ4n) is 2.59. The lowest BCUT2D eigenvalue weighted by Crippen LogP contribution is -2.53. The zero-order valence-electron chi connectivity index (χ0n) is 9.49. The fraction of sp³-hybridized carbons (Fsp3) is 0.818. The van der Waals surface area contributed by atoms with E-state index in [4.69, 9.17) is 5.73 Å². The van der Waals surface area contributed by atoms with Crippen molar-refractivity contribution in [1.29, 1.82) is 0 Å². The van der Waals surface area contributed by atoms with Crippen molar-refractivity contribution >= 4 is 11.9 Å². The number of rotatable bonds is 3. The van der Waals surface area contributed by atoms with Crippen LogP contribution in [0.5, 0.6) is 0 Å². The van der Waals surface area contributed by atoms with Gasteiger partial charge < -0.3 is 10.6 Å². The summed E-state index contributed by atoms with van der Waals surface area (Å²) in [4.78, 5) is 17.3. The number of amidine groups is 1. The van der Waals surface area contributed by atoms with E-state index in [0.29, 0.717) is 12.4 Å². The van der Waals surface area contributed by atoms with Crippen molar-refractivity contribution in [2.75, 3.05) is 6.54 Å². The second-order valence-electron chi connectivity index (χ2n) is 4.80. The van der Waals surface area contributed by atoms with E-state index in [-0.39, 0.29) is 11.6 Å². The number of likely N-dealkylation sites (N-methyl/N-ethyl adjacent to an activating group) is 1. The lowest BCUT2D eigenvalue weighted by molar-refractivity contribution is 0.147. The van der Waals surface area contributed by atoms with Crippen LogP contribution in [0.3, 0.4) is 0 Å². The number of nitrogens with two attached hydrogens (primary N) is 1. The third-order valence-corrected chi connectivity index (χ3v) is 3.82. The molecular weight excluding hydrogens is 190 g/mol. The zero-order valence-corrected chi connectivity index (χ0v) is 9.49. The van der Waals surface area contributed by atoms with E-state index in [1.165, 1.54) is 19.3 Å². The number of aliphatic imine (C=N–C) groups is 1. The highest BCUT2D eigenvalue weighted by Gasteiger charge is 2.45. The number of carbonyl (C=O) groups is 1. The molecule has 1 heterocycles. The molecule has 2 amide bonds. The molecule has 2 rings (SSSR count). The van der Waals surface area contributed by atoms with Gasteiger partial charge in [-0.3, -0.25) is 0 Å². The molecule has 1 saturated carbocycles. The highest BCUT2D eigenvalue weighted by atomic mass is 16.2. The molecule has 4 heteroatoms. The Labute approximate surface area is 90.5 Å². The van der Waals surface area contributed by atoms with E-state index in [1.54, 1.807) is 4.90 Å². The van der Waals surface area contributed by atoms with Crippen molar-refractivity contribution in [3.8, 4) is 0 Å². The van der Waals surface area contributed by atoms with Crippen LogP contribution in [0.15, 0.2) is 4.99 Å². The molecule has 1 aliphatic heterocycles. The van der Waals surface area contributed by atoms with Gasteiger partial charge in [0.15, 0.2) is 0 Å². The number of carbonyl (C=O) groups excluding carboxylic acids is 1. The molecule has 84 valence electrons. The molecule has 1 atom stereocenters. The van der Waals surface area contributed by atoms with E-state index >= 15 is 0 Å². The summed E-state index contributed by atoms with van der Waals surface area (Å²) in [5.41, 5.74) is 5.56. The Balaban J connectivity index is 2.15. The normalized spacial score (nSPS) is 31.7. The molecule has 0 spiro atoms. The summed E-state index contributed by atoms with van der Waals surface area (Å²) < 4.78 is 0. The van der Waals surface area contributed by atoms with Crippen LogP contribution >= 0.6 is 0 Å². The Morgan fingerprint density at radius 1 is 1.60 bits per heavy atom. The van der Waals surface area contributed by atoms with Crippen LogP contribution in [-0.2, 0) is 0 Å². The summed E-state index contributed by atoms with van der Waals surface area (Å²) in [6, 6.07) is -0.170. The molecule has 0 bridgehead atoms. The molecule has 1 aliphatic carbocycles. The molecule has 15 heavy (non-hydrogen) atoms. The Kier molecular flexibility index (Phi) is 2.44. The highest BCUT2D eigenvalue weighted by molar-refractivity contribution is 6.05. The average molecular weight is 209 g/mol. The van der Waals surface area contributed by atoms with Gasteiger partial charge in [-0.1, -0.05) is 19.3 Å². The van der Waals surface area contributed by atoms with Crippen LogP contribution in [-0.4, -0.2) is 28.9 Å². The van der Waals surface area contributed by atoms with Gasteiger partial charge in [0.2, 0.25) is 0 Å². The van der Waals surface area contributed by atoms with Gasteiger partial charge >= 0.3 is 6.03 Å². The van der Waals surface area contributed by atoms with E-state index in [9.17, 15) is 4.79 Å². The van der Waals surface area contributed by atoms with Crippen LogP contribution in [0.2, 0.25) is 0 Å². The number of urea groups is 1. The summed E-state index contributed by atoms with van der Waals surface area (Å²) in [6.07, 6.45) is 4.84. The van der Waals surface area contributed by atoms with Crippen LogP contribution in [0.4, 0.5) is 4.79 Å². The second kappa shape index (κ2) is 3.51. The largest absolute Gasteiger partial charge is 0.385 e. The van der Waals surface area contributed by atoms with Crippen LogP contribution < -0.4 is 5.73 Å². The summed E-state index contributed by atoms with van der Waals surface area (Å²) in [5.74, 6) is 1.23. The van der Waals surface area contributed by atoms with Crippen molar-refractivity contribution in [3.05, 3.63) is 0 Å². The molecule has 4 nitrogen and oxygen atoms in total. The van der Waals surface area contributed by atoms with Gasteiger partial charge in [-0.2, -0.15) is 4.99 Å². The van der Waals surface area contributed by atoms with E-state index in [1.807, 2.05) is 13.8 Å². The average Bonchev–Trinajstić information content (AvgIpc) is 2.32. The van der Waals surface area contributed by atoms with Gasteiger partial charge in [0.25, 0.3) is 0 Å².